The van der Waals surface area contributed by atoms with E-state index in [9.17, 15) is 14.7 Å². The molecule has 1 amide bonds. The second-order valence-corrected chi connectivity index (χ2v) is 6.47. The fourth-order valence-electron chi connectivity index (χ4n) is 2.77. The number of carboxylic acid groups (broad SMARTS) is 1. The minimum absolute atomic E-state index is 0.0524. The van der Waals surface area contributed by atoms with Crippen molar-refractivity contribution in [2.45, 2.75) is 13.5 Å². The summed E-state index contributed by atoms with van der Waals surface area (Å²) in [5.74, 6) is -0.109. The van der Waals surface area contributed by atoms with Crippen LogP contribution in [0.1, 0.15) is 31.8 Å². The highest BCUT2D eigenvalue weighted by Crippen LogP contribution is 2.20. The van der Waals surface area contributed by atoms with Crippen LogP contribution in [0.5, 0.6) is 11.5 Å². The molecule has 0 fully saturated rings. The fraction of sp³-hybridized carbons (Fsp3) is 0.130. The molecule has 3 rings (SSSR count). The standard InChI is InChI=1S/C23H21NO5/c1-15-6-11-21(20(12-15)23(26)27)24-22(25)17-7-9-18(10-8-17)29-14-16-4-3-5-19(13-16)28-2/h3-13H,14H2,1-2H3,(H,24,25)(H,26,27). The Morgan fingerprint density at radius 3 is 2.41 bits per heavy atom. The molecule has 0 saturated carbocycles. The third-order valence-electron chi connectivity index (χ3n) is 4.31. The van der Waals surface area contributed by atoms with Gasteiger partial charge in [0.2, 0.25) is 0 Å². The molecule has 0 aliphatic rings. The van der Waals surface area contributed by atoms with Gasteiger partial charge in [0.05, 0.1) is 18.4 Å². The molecule has 148 valence electrons. The third-order valence-corrected chi connectivity index (χ3v) is 4.31. The van der Waals surface area contributed by atoms with Crippen molar-refractivity contribution in [3.8, 4) is 11.5 Å². The van der Waals surface area contributed by atoms with Crippen LogP contribution in [0.15, 0.2) is 66.7 Å². The van der Waals surface area contributed by atoms with Gasteiger partial charge < -0.3 is 19.9 Å². The van der Waals surface area contributed by atoms with Gasteiger partial charge >= 0.3 is 5.97 Å². The van der Waals surface area contributed by atoms with E-state index in [2.05, 4.69) is 5.32 Å². The Balaban J connectivity index is 1.65. The summed E-state index contributed by atoms with van der Waals surface area (Å²) in [5.41, 5.74) is 2.48. The van der Waals surface area contributed by atoms with E-state index >= 15 is 0 Å². The maximum Gasteiger partial charge on any atom is 0.337 e. The first-order chi connectivity index (χ1) is 14.0. The number of carbonyl (C=O) groups is 2. The summed E-state index contributed by atoms with van der Waals surface area (Å²) in [6, 6.07) is 19.1. The topological polar surface area (TPSA) is 84.9 Å². The van der Waals surface area contributed by atoms with Crippen molar-refractivity contribution in [3.63, 3.8) is 0 Å². The van der Waals surface area contributed by atoms with Crippen molar-refractivity contribution >= 4 is 17.6 Å². The smallest absolute Gasteiger partial charge is 0.337 e. The second-order valence-electron chi connectivity index (χ2n) is 6.47. The quantitative estimate of drug-likeness (QED) is 0.618. The summed E-state index contributed by atoms with van der Waals surface area (Å²) in [6.07, 6.45) is 0. The molecule has 0 bridgehead atoms. The Morgan fingerprint density at radius 2 is 1.72 bits per heavy atom. The van der Waals surface area contributed by atoms with Crippen molar-refractivity contribution < 1.29 is 24.2 Å². The van der Waals surface area contributed by atoms with Gasteiger partial charge in [-0.15, -0.1) is 0 Å². The monoisotopic (exact) mass is 391 g/mol. The van der Waals surface area contributed by atoms with Crippen molar-refractivity contribution in [3.05, 3.63) is 89.0 Å². The van der Waals surface area contributed by atoms with Crippen LogP contribution < -0.4 is 14.8 Å². The predicted molar refractivity (Wildman–Crippen MR) is 110 cm³/mol. The third kappa shape index (κ3) is 5.13. The number of aromatic carboxylic acids is 1. The first-order valence-electron chi connectivity index (χ1n) is 8.97. The van der Waals surface area contributed by atoms with Gasteiger partial charge in [-0.1, -0.05) is 23.8 Å². The van der Waals surface area contributed by atoms with E-state index in [-0.39, 0.29) is 11.3 Å². The van der Waals surface area contributed by atoms with E-state index in [1.165, 1.54) is 6.07 Å². The summed E-state index contributed by atoms with van der Waals surface area (Å²) < 4.78 is 10.9. The van der Waals surface area contributed by atoms with E-state index in [4.69, 9.17) is 9.47 Å². The van der Waals surface area contributed by atoms with Crippen LogP contribution in [0.2, 0.25) is 0 Å². The second kappa shape index (κ2) is 8.93. The number of rotatable bonds is 7. The summed E-state index contributed by atoms with van der Waals surface area (Å²) in [4.78, 5) is 23.9. The van der Waals surface area contributed by atoms with E-state index in [1.54, 1.807) is 50.4 Å². The number of nitrogens with one attached hydrogen (secondary N) is 1. The SMILES string of the molecule is COc1cccc(COc2ccc(C(=O)Nc3ccc(C)cc3C(=O)O)cc2)c1. The van der Waals surface area contributed by atoms with E-state index in [0.717, 1.165) is 16.9 Å². The molecule has 3 aromatic rings. The average molecular weight is 391 g/mol. The molecule has 6 nitrogen and oxygen atoms in total. The highest BCUT2D eigenvalue weighted by Gasteiger charge is 2.14. The van der Waals surface area contributed by atoms with Gasteiger partial charge in [0, 0.05) is 5.56 Å². The van der Waals surface area contributed by atoms with Crippen molar-refractivity contribution in [1.82, 2.24) is 0 Å². The van der Waals surface area contributed by atoms with Crippen molar-refractivity contribution in [1.29, 1.82) is 0 Å². The van der Waals surface area contributed by atoms with Gasteiger partial charge in [-0.05, 0) is 61.0 Å². The van der Waals surface area contributed by atoms with Gasteiger partial charge in [-0.25, -0.2) is 4.79 Å². The van der Waals surface area contributed by atoms with Crippen LogP contribution in [0, 0.1) is 6.92 Å². The number of carbonyl (C=O) groups excluding carboxylic acids is 1. The number of hydrogen-bond donors (Lipinski definition) is 2. The van der Waals surface area contributed by atoms with E-state index < -0.39 is 11.9 Å². The lowest BCUT2D eigenvalue weighted by molar-refractivity contribution is 0.0698. The molecule has 3 aromatic carbocycles. The molecule has 2 N–H and O–H groups in total. The Kier molecular flexibility index (Phi) is 6.14. The molecular formula is C23H21NO5. The van der Waals surface area contributed by atoms with Crippen LogP contribution in [0.4, 0.5) is 5.69 Å². The van der Waals surface area contributed by atoms with Gasteiger partial charge in [-0.2, -0.15) is 0 Å². The number of hydrogen-bond acceptors (Lipinski definition) is 4. The van der Waals surface area contributed by atoms with E-state index in [0.29, 0.717) is 17.9 Å². The number of anilines is 1. The van der Waals surface area contributed by atoms with Crippen LogP contribution in [0.3, 0.4) is 0 Å². The molecular weight excluding hydrogens is 370 g/mol. The highest BCUT2D eigenvalue weighted by atomic mass is 16.5. The molecule has 6 heteroatoms. The number of amides is 1. The molecule has 0 atom stereocenters. The van der Waals surface area contributed by atoms with Gasteiger partial charge in [0.15, 0.2) is 0 Å². The normalized spacial score (nSPS) is 10.3. The van der Waals surface area contributed by atoms with Gasteiger partial charge in [-0.3, -0.25) is 4.79 Å². The number of methoxy groups -OCH3 is 1. The van der Waals surface area contributed by atoms with Gasteiger partial charge in [0.25, 0.3) is 5.91 Å². The Labute approximate surface area is 168 Å². The average Bonchev–Trinajstić information content (AvgIpc) is 2.73. The maximum atomic E-state index is 12.5. The number of ether oxygens (including phenoxy) is 2. The number of aryl methyl sites for hydroxylation is 1. The lowest BCUT2D eigenvalue weighted by atomic mass is 10.1. The molecule has 0 spiro atoms. The molecule has 0 radical (unpaired) electrons. The maximum absolute atomic E-state index is 12.5. The van der Waals surface area contributed by atoms with Crippen molar-refractivity contribution in [2.75, 3.05) is 12.4 Å². The summed E-state index contributed by atoms with van der Waals surface area (Å²) in [5, 5.41) is 12.0. The van der Waals surface area contributed by atoms with Crippen LogP contribution >= 0.6 is 0 Å². The summed E-state index contributed by atoms with van der Waals surface area (Å²) in [7, 11) is 1.61. The minimum atomic E-state index is -1.09. The molecule has 0 aromatic heterocycles. The van der Waals surface area contributed by atoms with Crippen molar-refractivity contribution in [2.24, 2.45) is 0 Å². The number of benzene rings is 3. The minimum Gasteiger partial charge on any atom is -0.497 e. The number of carboxylic acids is 1. The summed E-state index contributed by atoms with van der Waals surface area (Å²) in [6.45, 7) is 2.16. The Morgan fingerprint density at radius 1 is 0.966 bits per heavy atom. The molecule has 0 unspecified atom stereocenters. The molecule has 0 heterocycles. The molecule has 0 aliphatic carbocycles. The molecule has 0 saturated heterocycles. The van der Waals surface area contributed by atoms with Crippen LogP contribution in [-0.4, -0.2) is 24.1 Å². The Hall–Kier alpha value is -3.80. The Bertz CT molecular complexity index is 1030. The molecule has 29 heavy (non-hydrogen) atoms. The largest absolute Gasteiger partial charge is 0.497 e. The summed E-state index contributed by atoms with van der Waals surface area (Å²) >= 11 is 0. The highest BCUT2D eigenvalue weighted by molar-refractivity contribution is 6.07. The van der Waals surface area contributed by atoms with E-state index in [1.807, 2.05) is 24.3 Å². The zero-order valence-electron chi connectivity index (χ0n) is 16.1. The first kappa shape index (κ1) is 19.9. The van der Waals surface area contributed by atoms with Crippen LogP contribution in [0.25, 0.3) is 0 Å². The van der Waals surface area contributed by atoms with Gasteiger partial charge in [0.1, 0.15) is 18.1 Å². The zero-order chi connectivity index (χ0) is 20.8. The lowest BCUT2D eigenvalue weighted by Crippen LogP contribution is -2.15. The lowest BCUT2D eigenvalue weighted by Gasteiger charge is -2.11. The first-order valence-corrected chi connectivity index (χ1v) is 8.97. The zero-order valence-corrected chi connectivity index (χ0v) is 16.1. The molecule has 0 aliphatic heterocycles. The fourth-order valence-corrected chi connectivity index (χ4v) is 2.77. The van der Waals surface area contributed by atoms with Crippen LogP contribution in [-0.2, 0) is 6.61 Å². The predicted octanol–water partition coefficient (Wildman–Crippen LogP) is 4.53.